The summed E-state index contributed by atoms with van der Waals surface area (Å²) in [5, 5.41) is 15.3. The molecule has 1 fully saturated rings. The van der Waals surface area contributed by atoms with E-state index in [-0.39, 0.29) is 17.3 Å². The highest BCUT2D eigenvalue weighted by atomic mass is 35.5. The number of benzene rings is 1. The van der Waals surface area contributed by atoms with Crippen LogP contribution in [-0.4, -0.2) is 70.2 Å². The van der Waals surface area contributed by atoms with Crippen LogP contribution in [0.4, 0.5) is 26.8 Å². The lowest BCUT2D eigenvalue weighted by Crippen LogP contribution is -2.47. The summed E-state index contributed by atoms with van der Waals surface area (Å²) in [4.78, 5) is 30.4. The summed E-state index contributed by atoms with van der Waals surface area (Å²) in [6.07, 6.45) is 1.41. The summed E-state index contributed by atoms with van der Waals surface area (Å²) in [6, 6.07) is 6.04. The molecule has 1 aliphatic heterocycles. The molecule has 9 nitrogen and oxygen atoms in total. The molecule has 3 aromatic rings. The number of anilines is 4. The molecule has 3 heterocycles. The van der Waals surface area contributed by atoms with Crippen molar-refractivity contribution in [1.29, 1.82) is 0 Å². The van der Waals surface area contributed by atoms with Crippen LogP contribution in [0.15, 0.2) is 30.5 Å². The SMILES string of the molecule is Cc1nc(Nc2ncc(C(=O)Nc3c(F)cccc3Cl)s2)cc(N2CCN(CCO)CC2)n1. The maximum Gasteiger partial charge on any atom is 0.267 e. The third-order valence-corrected chi connectivity index (χ3v) is 6.33. The standard InChI is InChI=1S/C21H23ClFN7O2S/c1-13-25-17(11-18(26-13)30-7-5-29(6-8-30)9-10-31)27-21-24-12-16(33-21)20(32)28-19-14(22)3-2-4-15(19)23/h2-4,11-12,31H,5-10H2,1H3,(H,28,32)(H,24,25,26,27). The second-order valence-corrected chi connectivity index (χ2v) is 8.85. The van der Waals surface area contributed by atoms with Gasteiger partial charge in [-0.25, -0.2) is 19.3 Å². The fourth-order valence-electron chi connectivity index (χ4n) is 3.46. The molecule has 0 radical (unpaired) electrons. The summed E-state index contributed by atoms with van der Waals surface area (Å²) >= 11 is 7.10. The van der Waals surface area contributed by atoms with Crippen molar-refractivity contribution in [2.45, 2.75) is 6.92 Å². The predicted molar refractivity (Wildman–Crippen MR) is 127 cm³/mol. The van der Waals surface area contributed by atoms with Gasteiger partial charge in [0.2, 0.25) is 0 Å². The molecule has 0 aliphatic carbocycles. The molecule has 2 aromatic heterocycles. The number of aryl methyl sites for hydroxylation is 1. The molecule has 174 valence electrons. The maximum absolute atomic E-state index is 14.0. The van der Waals surface area contributed by atoms with Gasteiger partial charge >= 0.3 is 0 Å². The van der Waals surface area contributed by atoms with E-state index < -0.39 is 11.7 Å². The van der Waals surface area contributed by atoms with Crippen LogP contribution in [0.3, 0.4) is 0 Å². The molecule has 0 atom stereocenters. The second-order valence-electron chi connectivity index (χ2n) is 7.42. The minimum atomic E-state index is -0.611. The Morgan fingerprint density at radius 3 is 2.79 bits per heavy atom. The van der Waals surface area contributed by atoms with Crippen molar-refractivity contribution in [2.24, 2.45) is 0 Å². The highest BCUT2D eigenvalue weighted by Crippen LogP contribution is 2.28. The zero-order valence-electron chi connectivity index (χ0n) is 17.9. The number of aliphatic hydroxyl groups excluding tert-OH is 1. The Morgan fingerprint density at radius 2 is 2.06 bits per heavy atom. The Bertz CT molecular complexity index is 1120. The van der Waals surface area contributed by atoms with Gasteiger partial charge in [-0.15, -0.1) is 0 Å². The van der Waals surface area contributed by atoms with E-state index in [0.717, 1.165) is 43.3 Å². The number of nitrogens with one attached hydrogen (secondary N) is 2. The minimum Gasteiger partial charge on any atom is -0.395 e. The molecular formula is C21H23ClFN7O2S. The molecule has 1 saturated heterocycles. The van der Waals surface area contributed by atoms with E-state index in [2.05, 4.69) is 35.4 Å². The first kappa shape index (κ1) is 23.3. The number of hydrogen-bond donors (Lipinski definition) is 3. The number of amides is 1. The Morgan fingerprint density at radius 1 is 1.27 bits per heavy atom. The van der Waals surface area contributed by atoms with Crippen molar-refractivity contribution in [2.75, 3.05) is 54.9 Å². The summed E-state index contributed by atoms with van der Waals surface area (Å²) in [6.45, 7) is 5.95. The average Bonchev–Trinajstić information content (AvgIpc) is 3.25. The number of hydrogen-bond acceptors (Lipinski definition) is 9. The van der Waals surface area contributed by atoms with Crippen LogP contribution in [0.2, 0.25) is 5.02 Å². The van der Waals surface area contributed by atoms with Crippen molar-refractivity contribution in [3.05, 3.63) is 52.0 Å². The first-order valence-corrected chi connectivity index (χ1v) is 11.5. The summed E-state index contributed by atoms with van der Waals surface area (Å²) in [7, 11) is 0. The van der Waals surface area contributed by atoms with Crippen LogP contribution < -0.4 is 15.5 Å². The smallest absolute Gasteiger partial charge is 0.267 e. The van der Waals surface area contributed by atoms with E-state index in [0.29, 0.717) is 28.2 Å². The fraction of sp³-hybridized carbons (Fsp3) is 0.333. The first-order chi connectivity index (χ1) is 15.9. The monoisotopic (exact) mass is 491 g/mol. The molecular weight excluding hydrogens is 469 g/mol. The highest BCUT2D eigenvalue weighted by molar-refractivity contribution is 7.17. The number of carbonyl (C=O) groups is 1. The molecule has 12 heteroatoms. The van der Waals surface area contributed by atoms with Gasteiger partial charge in [0.1, 0.15) is 28.2 Å². The van der Waals surface area contributed by atoms with Gasteiger partial charge in [0.25, 0.3) is 5.91 Å². The van der Waals surface area contributed by atoms with Crippen molar-refractivity contribution < 1.29 is 14.3 Å². The molecule has 3 N–H and O–H groups in total. The summed E-state index contributed by atoms with van der Waals surface area (Å²) in [5.41, 5.74) is -0.0674. The number of para-hydroxylation sites is 1. The van der Waals surface area contributed by atoms with Crippen molar-refractivity contribution in [1.82, 2.24) is 19.9 Å². The quantitative estimate of drug-likeness (QED) is 0.463. The number of nitrogens with zero attached hydrogens (tertiary/aromatic N) is 5. The van der Waals surface area contributed by atoms with Crippen molar-refractivity contribution in [3.8, 4) is 0 Å². The zero-order valence-corrected chi connectivity index (χ0v) is 19.5. The van der Waals surface area contributed by atoms with Crippen molar-refractivity contribution >= 4 is 51.3 Å². The lowest BCUT2D eigenvalue weighted by atomic mass is 10.3. The molecule has 1 aromatic carbocycles. The van der Waals surface area contributed by atoms with Gasteiger partial charge in [0, 0.05) is 38.8 Å². The molecule has 0 unspecified atom stereocenters. The van der Waals surface area contributed by atoms with Crippen LogP contribution in [0, 0.1) is 12.7 Å². The fourth-order valence-corrected chi connectivity index (χ4v) is 4.39. The number of β-amino-alcohol motifs (C(OH)–C–C–N with tert-alkyl or cyclic N) is 1. The predicted octanol–water partition coefficient (Wildman–Crippen LogP) is 3.14. The van der Waals surface area contributed by atoms with E-state index in [9.17, 15) is 9.18 Å². The molecule has 0 saturated carbocycles. The van der Waals surface area contributed by atoms with E-state index in [4.69, 9.17) is 16.7 Å². The van der Waals surface area contributed by atoms with Gasteiger partial charge in [-0.3, -0.25) is 9.69 Å². The number of rotatable bonds is 7. The molecule has 1 amide bonds. The van der Waals surface area contributed by atoms with Crippen LogP contribution in [0.5, 0.6) is 0 Å². The van der Waals surface area contributed by atoms with Crippen LogP contribution >= 0.6 is 22.9 Å². The molecule has 33 heavy (non-hydrogen) atoms. The Hall–Kier alpha value is -2.86. The largest absolute Gasteiger partial charge is 0.395 e. The lowest BCUT2D eigenvalue weighted by molar-refractivity contribution is 0.103. The summed E-state index contributed by atoms with van der Waals surface area (Å²) < 4.78 is 14.0. The van der Waals surface area contributed by atoms with Crippen LogP contribution in [-0.2, 0) is 0 Å². The number of aliphatic hydroxyl groups is 1. The van der Waals surface area contributed by atoms with E-state index in [1.807, 2.05) is 13.0 Å². The van der Waals surface area contributed by atoms with Gasteiger partial charge in [0.05, 0.1) is 23.5 Å². The Kier molecular flexibility index (Phi) is 7.33. The van der Waals surface area contributed by atoms with E-state index in [1.165, 1.54) is 24.4 Å². The van der Waals surface area contributed by atoms with Crippen LogP contribution in [0.1, 0.15) is 15.5 Å². The zero-order chi connectivity index (χ0) is 23.4. The summed E-state index contributed by atoms with van der Waals surface area (Å²) in [5.74, 6) is 0.857. The normalized spacial score (nSPS) is 14.4. The molecule has 4 rings (SSSR count). The van der Waals surface area contributed by atoms with Crippen molar-refractivity contribution in [3.63, 3.8) is 0 Å². The van der Waals surface area contributed by atoms with Crippen LogP contribution in [0.25, 0.3) is 0 Å². The number of aromatic nitrogens is 3. The third kappa shape index (κ3) is 5.74. The van der Waals surface area contributed by atoms with Gasteiger partial charge in [-0.2, -0.15) is 0 Å². The third-order valence-electron chi connectivity index (χ3n) is 5.10. The van der Waals surface area contributed by atoms with Gasteiger partial charge in [-0.1, -0.05) is 29.0 Å². The minimum absolute atomic E-state index is 0.0674. The van der Waals surface area contributed by atoms with Gasteiger partial charge in [0.15, 0.2) is 5.13 Å². The Balaban J connectivity index is 1.43. The van der Waals surface area contributed by atoms with Gasteiger partial charge in [-0.05, 0) is 19.1 Å². The average molecular weight is 492 g/mol. The number of piperazine rings is 1. The Labute approximate surface area is 199 Å². The number of halogens is 2. The highest BCUT2D eigenvalue weighted by Gasteiger charge is 2.19. The molecule has 0 bridgehead atoms. The number of carbonyl (C=O) groups excluding carboxylic acids is 1. The van der Waals surface area contributed by atoms with E-state index >= 15 is 0 Å². The molecule has 0 spiro atoms. The second kappa shape index (κ2) is 10.4. The first-order valence-electron chi connectivity index (χ1n) is 10.3. The molecule has 1 aliphatic rings. The van der Waals surface area contributed by atoms with Gasteiger partial charge < -0.3 is 20.6 Å². The number of thiazole rings is 1. The topological polar surface area (TPSA) is 107 Å². The van der Waals surface area contributed by atoms with E-state index in [1.54, 1.807) is 0 Å². The lowest BCUT2D eigenvalue weighted by Gasteiger charge is -2.35. The maximum atomic E-state index is 14.0.